The molecule has 0 aliphatic rings. The van der Waals surface area contributed by atoms with Crippen LogP contribution in [0.5, 0.6) is 0 Å². The first-order valence-corrected chi connectivity index (χ1v) is 7.55. The topological polar surface area (TPSA) is 38.9 Å². The molecule has 1 heterocycles. The molecule has 19 heavy (non-hydrogen) atoms. The van der Waals surface area contributed by atoms with Crippen molar-refractivity contribution in [1.82, 2.24) is 4.98 Å². The summed E-state index contributed by atoms with van der Waals surface area (Å²) in [6.45, 7) is 8.61. The number of thiazole rings is 1. The molecule has 0 aliphatic heterocycles. The molecule has 2 nitrogen and oxygen atoms in total. The largest absolute Gasteiger partial charge is 0.328 e. The average Bonchev–Trinajstić information content (AvgIpc) is 2.78. The van der Waals surface area contributed by atoms with Crippen LogP contribution in [0.1, 0.15) is 39.0 Å². The van der Waals surface area contributed by atoms with E-state index >= 15 is 0 Å². The van der Waals surface area contributed by atoms with Crippen molar-refractivity contribution in [3.63, 3.8) is 0 Å². The van der Waals surface area contributed by atoms with E-state index in [2.05, 4.69) is 50.4 Å². The third kappa shape index (κ3) is 3.64. The van der Waals surface area contributed by atoms with Gasteiger partial charge in [0.2, 0.25) is 0 Å². The summed E-state index contributed by atoms with van der Waals surface area (Å²) >= 11 is 1.71. The van der Waals surface area contributed by atoms with Crippen molar-refractivity contribution >= 4 is 11.3 Å². The minimum Gasteiger partial charge on any atom is -0.328 e. The third-order valence-electron chi connectivity index (χ3n) is 3.03. The molecule has 1 atom stereocenters. The highest BCUT2D eigenvalue weighted by atomic mass is 32.1. The van der Waals surface area contributed by atoms with Gasteiger partial charge in [0.05, 0.1) is 5.69 Å². The van der Waals surface area contributed by atoms with Crippen molar-refractivity contribution in [2.24, 2.45) is 5.73 Å². The van der Waals surface area contributed by atoms with E-state index in [4.69, 9.17) is 10.7 Å². The van der Waals surface area contributed by atoms with Gasteiger partial charge >= 0.3 is 0 Å². The van der Waals surface area contributed by atoms with Gasteiger partial charge in [-0.1, -0.05) is 45.0 Å². The van der Waals surface area contributed by atoms with E-state index in [1.807, 2.05) is 6.92 Å². The van der Waals surface area contributed by atoms with Gasteiger partial charge in [-0.15, -0.1) is 11.3 Å². The normalized spacial score (nSPS) is 13.5. The summed E-state index contributed by atoms with van der Waals surface area (Å²) in [5.74, 6) is 0. The molecule has 102 valence electrons. The lowest BCUT2D eigenvalue weighted by Crippen LogP contribution is -2.17. The maximum atomic E-state index is 5.81. The van der Waals surface area contributed by atoms with Gasteiger partial charge in [-0.05, 0) is 18.9 Å². The Bertz CT molecular complexity index is 533. The molecule has 1 aromatic heterocycles. The summed E-state index contributed by atoms with van der Waals surface area (Å²) in [4.78, 5) is 4.74. The predicted octanol–water partition coefficient (Wildman–Crippen LogP) is 4.00. The fourth-order valence-corrected chi connectivity index (χ4v) is 2.96. The van der Waals surface area contributed by atoms with Crippen LogP contribution in [-0.2, 0) is 11.8 Å². The Morgan fingerprint density at radius 3 is 2.32 bits per heavy atom. The molecule has 0 saturated carbocycles. The summed E-state index contributed by atoms with van der Waals surface area (Å²) in [6, 6.07) is 8.79. The highest BCUT2D eigenvalue weighted by Gasteiger charge is 2.17. The van der Waals surface area contributed by atoms with E-state index in [-0.39, 0.29) is 11.5 Å². The van der Waals surface area contributed by atoms with E-state index in [1.165, 1.54) is 11.1 Å². The first-order valence-electron chi connectivity index (χ1n) is 6.67. The van der Waals surface area contributed by atoms with Gasteiger partial charge in [0.1, 0.15) is 5.01 Å². The number of benzene rings is 1. The van der Waals surface area contributed by atoms with E-state index in [0.717, 1.165) is 17.1 Å². The molecule has 0 amide bonds. The van der Waals surface area contributed by atoms with Gasteiger partial charge in [-0.2, -0.15) is 0 Å². The molecule has 1 aromatic carbocycles. The molecular formula is C16H22N2S. The van der Waals surface area contributed by atoms with Crippen molar-refractivity contribution in [3.05, 3.63) is 40.9 Å². The summed E-state index contributed by atoms with van der Waals surface area (Å²) in [5, 5.41) is 3.25. The van der Waals surface area contributed by atoms with Gasteiger partial charge in [0.25, 0.3) is 0 Å². The van der Waals surface area contributed by atoms with Crippen molar-refractivity contribution < 1.29 is 0 Å². The minimum absolute atomic E-state index is 0.115. The summed E-state index contributed by atoms with van der Waals surface area (Å²) in [5.41, 5.74) is 9.56. The second kappa shape index (κ2) is 5.43. The van der Waals surface area contributed by atoms with E-state index in [9.17, 15) is 0 Å². The molecule has 0 saturated heterocycles. The molecule has 2 rings (SSSR count). The first kappa shape index (κ1) is 14.2. The summed E-state index contributed by atoms with van der Waals surface area (Å²) in [6.07, 6.45) is 0.922. The zero-order valence-corrected chi connectivity index (χ0v) is 12.9. The monoisotopic (exact) mass is 274 g/mol. The molecular weight excluding hydrogens is 252 g/mol. The highest BCUT2D eigenvalue weighted by Crippen LogP contribution is 2.29. The second-order valence-corrected chi connectivity index (χ2v) is 7.02. The lowest BCUT2D eigenvalue weighted by molar-refractivity contribution is 0.573. The molecule has 0 spiro atoms. The molecule has 0 bridgehead atoms. The number of hydrogen-bond donors (Lipinski definition) is 1. The SMILES string of the molecule is CC(N)Cc1ccc(-c2nc(C(C)(C)C)cs2)cc1. The zero-order valence-electron chi connectivity index (χ0n) is 12.1. The molecule has 0 aliphatic carbocycles. The number of nitrogens with two attached hydrogens (primary N) is 1. The number of aromatic nitrogens is 1. The van der Waals surface area contributed by atoms with Gasteiger partial charge in [-0.3, -0.25) is 0 Å². The van der Waals surface area contributed by atoms with Crippen LogP contribution in [0, 0.1) is 0 Å². The third-order valence-corrected chi connectivity index (χ3v) is 3.92. The first-order chi connectivity index (χ1) is 8.86. The van der Waals surface area contributed by atoms with Crippen LogP contribution in [0.15, 0.2) is 29.6 Å². The van der Waals surface area contributed by atoms with Crippen molar-refractivity contribution in [2.45, 2.75) is 45.6 Å². The lowest BCUT2D eigenvalue weighted by atomic mass is 9.93. The van der Waals surface area contributed by atoms with Gasteiger partial charge < -0.3 is 5.73 Å². The Morgan fingerprint density at radius 2 is 1.84 bits per heavy atom. The van der Waals surface area contributed by atoms with Crippen molar-refractivity contribution in [2.75, 3.05) is 0 Å². The lowest BCUT2D eigenvalue weighted by Gasteiger charge is -2.14. The Hall–Kier alpha value is -1.19. The number of hydrogen-bond acceptors (Lipinski definition) is 3. The molecule has 3 heteroatoms. The molecule has 0 radical (unpaired) electrons. The van der Waals surface area contributed by atoms with Crippen molar-refractivity contribution in [1.29, 1.82) is 0 Å². The van der Waals surface area contributed by atoms with Gasteiger partial charge in [-0.25, -0.2) is 4.98 Å². The van der Waals surface area contributed by atoms with E-state index < -0.39 is 0 Å². The Morgan fingerprint density at radius 1 is 1.21 bits per heavy atom. The fraction of sp³-hybridized carbons (Fsp3) is 0.438. The Kier molecular flexibility index (Phi) is 4.07. The molecule has 2 N–H and O–H groups in total. The van der Waals surface area contributed by atoms with Crippen LogP contribution < -0.4 is 5.73 Å². The van der Waals surface area contributed by atoms with E-state index in [1.54, 1.807) is 11.3 Å². The maximum Gasteiger partial charge on any atom is 0.123 e. The van der Waals surface area contributed by atoms with E-state index in [0.29, 0.717) is 0 Å². The maximum absolute atomic E-state index is 5.81. The van der Waals surface area contributed by atoms with Crippen LogP contribution in [0.4, 0.5) is 0 Å². The zero-order chi connectivity index (χ0) is 14.0. The minimum atomic E-state index is 0.115. The fourth-order valence-electron chi connectivity index (χ4n) is 1.91. The number of rotatable bonds is 3. The molecule has 0 fully saturated rings. The predicted molar refractivity (Wildman–Crippen MR) is 83.6 cm³/mol. The highest BCUT2D eigenvalue weighted by molar-refractivity contribution is 7.13. The molecule has 1 unspecified atom stereocenters. The van der Waals surface area contributed by atoms with Crippen molar-refractivity contribution in [3.8, 4) is 10.6 Å². The quantitative estimate of drug-likeness (QED) is 0.919. The number of nitrogens with zero attached hydrogens (tertiary/aromatic N) is 1. The molecule has 2 aromatic rings. The second-order valence-electron chi connectivity index (χ2n) is 6.17. The van der Waals surface area contributed by atoms with Gasteiger partial charge in [0.15, 0.2) is 0 Å². The summed E-state index contributed by atoms with van der Waals surface area (Å²) in [7, 11) is 0. The van der Waals surface area contributed by atoms with Gasteiger partial charge in [0, 0.05) is 22.4 Å². The summed E-state index contributed by atoms with van der Waals surface area (Å²) < 4.78 is 0. The van der Waals surface area contributed by atoms with Crippen LogP contribution in [0.3, 0.4) is 0 Å². The average molecular weight is 274 g/mol. The Labute approximate surface area is 119 Å². The van der Waals surface area contributed by atoms with Crippen LogP contribution in [0.2, 0.25) is 0 Å². The van der Waals surface area contributed by atoms with Crippen LogP contribution in [0.25, 0.3) is 10.6 Å². The smallest absolute Gasteiger partial charge is 0.123 e. The van der Waals surface area contributed by atoms with Crippen LogP contribution >= 0.6 is 11.3 Å². The standard InChI is InChI=1S/C16H22N2S/c1-11(17)9-12-5-7-13(8-6-12)15-18-14(10-19-15)16(2,3)4/h5-8,10-11H,9,17H2,1-4H3. The van der Waals surface area contributed by atoms with Crippen LogP contribution in [-0.4, -0.2) is 11.0 Å². The Balaban J connectivity index is 2.20.